The number of nitrogens with zero attached hydrogens (tertiary/aromatic N) is 4. The van der Waals surface area contributed by atoms with E-state index in [1.54, 1.807) is 0 Å². The highest BCUT2D eigenvalue weighted by Gasteiger charge is 2.15. The lowest BCUT2D eigenvalue weighted by atomic mass is 10.3. The zero-order valence-electron chi connectivity index (χ0n) is 10.4. The molecule has 4 rings (SSSR count). The summed E-state index contributed by atoms with van der Waals surface area (Å²) in [6.45, 7) is 0. The summed E-state index contributed by atoms with van der Waals surface area (Å²) in [4.78, 5) is 9.15. The molecule has 5 nitrogen and oxygen atoms in total. The maximum atomic E-state index is 6.19. The van der Waals surface area contributed by atoms with Crippen molar-refractivity contribution in [3.63, 3.8) is 0 Å². The molecule has 0 fully saturated rings. The number of nitrogens with two attached hydrogens (primary N) is 1. The smallest absolute Gasteiger partial charge is 0.153 e. The number of halogens is 1. The molecule has 4 aromatic heterocycles. The van der Waals surface area contributed by atoms with Crippen LogP contribution < -0.4 is 5.73 Å². The lowest BCUT2D eigenvalue weighted by molar-refractivity contribution is 1.19. The third-order valence-corrected chi connectivity index (χ3v) is 3.86. The molecule has 0 aliphatic rings. The van der Waals surface area contributed by atoms with Crippen molar-refractivity contribution >= 4 is 33.0 Å². The van der Waals surface area contributed by atoms with E-state index in [2.05, 4.69) is 25.9 Å². The van der Waals surface area contributed by atoms with Gasteiger partial charge >= 0.3 is 0 Å². The van der Waals surface area contributed by atoms with Crippen LogP contribution >= 0.6 is 15.9 Å². The molecule has 0 bridgehead atoms. The van der Waals surface area contributed by atoms with Crippen LogP contribution in [-0.4, -0.2) is 18.8 Å². The zero-order valence-corrected chi connectivity index (χ0v) is 11.9. The van der Waals surface area contributed by atoms with Crippen LogP contribution in [0.4, 0.5) is 5.82 Å². The van der Waals surface area contributed by atoms with Gasteiger partial charge in [0.1, 0.15) is 22.9 Å². The molecule has 20 heavy (non-hydrogen) atoms. The van der Waals surface area contributed by atoms with Crippen LogP contribution in [0, 0.1) is 0 Å². The highest BCUT2D eigenvalue weighted by molar-refractivity contribution is 9.10. The molecule has 0 radical (unpaired) electrons. The minimum atomic E-state index is 0.588. The minimum absolute atomic E-state index is 0.588. The highest BCUT2D eigenvalue weighted by atomic mass is 79.9. The Hall–Kier alpha value is -2.34. The molecular weight excluding hydrogens is 318 g/mol. The summed E-state index contributed by atoms with van der Waals surface area (Å²) in [5, 5.41) is 0. The van der Waals surface area contributed by atoms with E-state index >= 15 is 0 Å². The number of imidazole rings is 2. The number of rotatable bonds is 1. The predicted octanol–water partition coefficient (Wildman–Crippen LogP) is 2.99. The fourth-order valence-electron chi connectivity index (χ4n) is 2.29. The summed E-state index contributed by atoms with van der Waals surface area (Å²) in [5.41, 5.74) is 9.32. The van der Waals surface area contributed by atoms with Gasteiger partial charge < -0.3 is 10.1 Å². The Bertz CT molecular complexity index is 904. The van der Waals surface area contributed by atoms with Gasteiger partial charge in [-0.1, -0.05) is 6.07 Å². The number of hydrogen-bond donors (Lipinski definition) is 1. The molecule has 0 saturated carbocycles. The van der Waals surface area contributed by atoms with Gasteiger partial charge in [-0.2, -0.15) is 0 Å². The highest BCUT2D eigenvalue weighted by Crippen LogP contribution is 2.28. The number of nitrogen functional groups attached to an aromatic ring is 1. The second-order valence-electron chi connectivity index (χ2n) is 4.49. The summed E-state index contributed by atoms with van der Waals surface area (Å²) >= 11 is 3.49. The third-order valence-electron chi connectivity index (χ3n) is 3.25. The predicted molar refractivity (Wildman–Crippen MR) is 81.5 cm³/mol. The van der Waals surface area contributed by atoms with E-state index in [0.717, 1.165) is 21.5 Å². The molecule has 6 heteroatoms. The topological polar surface area (TPSA) is 60.6 Å². The Labute approximate surface area is 122 Å². The molecule has 0 aliphatic carbocycles. The second kappa shape index (κ2) is 4.08. The van der Waals surface area contributed by atoms with Crippen LogP contribution in [0.25, 0.3) is 22.7 Å². The van der Waals surface area contributed by atoms with Crippen molar-refractivity contribution < 1.29 is 0 Å². The molecule has 0 amide bonds. The van der Waals surface area contributed by atoms with E-state index in [0.29, 0.717) is 11.5 Å². The molecule has 0 aromatic carbocycles. The van der Waals surface area contributed by atoms with Crippen molar-refractivity contribution in [1.82, 2.24) is 18.8 Å². The summed E-state index contributed by atoms with van der Waals surface area (Å²) in [6, 6.07) is 9.72. The molecule has 4 heterocycles. The van der Waals surface area contributed by atoms with Gasteiger partial charge in [-0.15, -0.1) is 0 Å². The normalized spacial score (nSPS) is 11.4. The van der Waals surface area contributed by atoms with Crippen molar-refractivity contribution in [2.45, 2.75) is 0 Å². The number of hydrogen-bond acceptors (Lipinski definition) is 3. The van der Waals surface area contributed by atoms with Crippen molar-refractivity contribution in [3.8, 4) is 11.4 Å². The SMILES string of the molecule is Nc1c(-c2cn3ccccc3n2)nc2c(Br)cccn12. The maximum Gasteiger partial charge on any atom is 0.153 e. The minimum Gasteiger partial charge on any atom is -0.383 e. The Balaban J connectivity index is 2.02. The average Bonchev–Trinajstić information content (AvgIpc) is 3.01. The van der Waals surface area contributed by atoms with Gasteiger partial charge in [0.2, 0.25) is 0 Å². The van der Waals surface area contributed by atoms with Gasteiger partial charge in [-0.3, -0.25) is 4.40 Å². The van der Waals surface area contributed by atoms with Crippen LogP contribution in [-0.2, 0) is 0 Å². The first-order valence-corrected chi connectivity index (χ1v) is 6.89. The van der Waals surface area contributed by atoms with E-state index in [-0.39, 0.29) is 0 Å². The summed E-state index contributed by atoms with van der Waals surface area (Å²) < 4.78 is 4.71. The number of aromatic nitrogens is 4. The Kier molecular flexibility index (Phi) is 2.34. The second-order valence-corrected chi connectivity index (χ2v) is 5.34. The average molecular weight is 328 g/mol. The summed E-state index contributed by atoms with van der Waals surface area (Å²) in [6.07, 6.45) is 5.77. The Morgan fingerprint density at radius 1 is 1.05 bits per heavy atom. The molecule has 98 valence electrons. The summed E-state index contributed by atoms with van der Waals surface area (Å²) in [5.74, 6) is 0.588. The standard InChI is InChI=1S/C14H10BrN5/c15-9-4-3-7-20-13(16)12(18-14(9)20)10-8-19-6-2-1-5-11(19)17-10/h1-8H,16H2. The number of pyridine rings is 2. The van der Waals surface area contributed by atoms with Gasteiger partial charge in [-0.05, 0) is 40.2 Å². The Morgan fingerprint density at radius 2 is 1.95 bits per heavy atom. The molecule has 0 spiro atoms. The van der Waals surface area contributed by atoms with Crippen molar-refractivity contribution in [2.75, 3.05) is 5.73 Å². The van der Waals surface area contributed by atoms with Gasteiger partial charge in [0.05, 0.1) is 4.47 Å². The molecule has 0 aliphatic heterocycles. The molecule has 0 unspecified atom stereocenters. The first kappa shape index (κ1) is 11.5. The van der Waals surface area contributed by atoms with Gasteiger partial charge in [0.15, 0.2) is 5.65 Å². The fourth-order valence-corrected chi connectivity index (χ4v) is 2.72. The van der Waals surface area contributed by atoms with Crippen LogP contribution in [0.2, 0.25) is 0 Å². The molecular formula is C14H10BrN5. The molecule has 4 aromatic rings. The van der Waals surface area contributed by atoms with Crippen LogP contribution in [0.5, 0.6) is 0 Å². The quantitative estimate of drug-likeness (QED) is 0.584. The van der Waals surface area contributed by atoms with Crippen molar-refractivity contribution in [3.05, 3.63) is 53.4 Å². The van der Waals surface area contributed by atoms with E-state index in [4.69, 9.17) is 5.73 Å². The van der Waals surface area contributed by atoms with Crippen molar-refractivity contribution in [1.29, 1.82) is 0 Å². The fraction of sp³-hybridized carbons (Fsp3) is 0. The van der Waals surface area contributed by atoms with Gasteiger partial charge in [0.25, 0.3) is 0 Å². The first-order valence-electron chi connectivity index (χ1n) is 6.10. The largest absolute Gasteiger partial charge is 0.383 e. The van der Waals surface area contributed by atoms with E-state index in [1.165, 1.54) is 0 Å². The van der Waals surface area contributed by atoms with E-state index in [9.17, 15) is 0 Å². The third kappa shape index (κ3) is 1.55. The number of fused-ring (bicyclic) bond motifs is 2. The monoisotopic (exact) mass is 327 g/mol. The first-order chi connectivity index (χ1) is 9.74. The zero-order chi connectivity index (χ0) is 13.7. The van der Waals surface area contributed by atoms with Crippen LogP contribution in [0.15, 0.2) is 53.4 Å². The van der Waals surface area contributed by atoms with E-state index in [1.807, 2.05) is 57.7 Å². The summed E-state index contributed by atoms with van der Waals surface area (Å²) in [7, 11) is 0. The molecule has 2 N–H and O–H groups in total. The van der Waals surface area contributed by atoms with Gasteiger partial charge in [0, 0.05) is 18.6 Å². The molecule has 0 atom stereocenters. The van der Waals surface area contributed by atoms with Crippen LogP contribution in [0.3, 0.4) is 0 Å². The van der Waals surface area contributed by atoms with Crippen LogP contribution in [0.1, 0.15) is 0 Å². The van der Waals surface area contributed by atoms with Crippen molar-refractivity contribution in [2.24, 2.45) is 0 Å². The maximum absolute atomic E-state index is 6.19. The van der Waals surface area contributed by atoms with Gasteiger partial charge in [-0.25, -0.2) is 9.97 Å². The van der Waals surface area contributed by atoms with E-state index < -0.39 is 0 Å². The Morgan fingerprint density at radius 3 is 2.75 bits per heavy atom. The lowest BCUT2D eigenvalue weighted by Crippen LogP contribution is -1.93. The lowest BCUT2D eigenvalue weighted by Gasteiger charge is -1.96. The number of anilines is 1. The molecule has 0 saturated heterocycles.